The van der Waals surface area contributed by atoms with Gasteiger partial charge in [0, 0.05) is 51.9 Å². The van der Waals surface area contributed by atoms with E-state index in [0.717, 1.165) is 43.9 Å². The van der Waals surface area contributed by atoms with Crippen molar-refractivity contribution in [2.24, 2.45) is 0 Å². The molecule has 2 aliphatic heterocycles. The molecule has 256 valence electrons. The molecule has 0 bridgehead atoms. The molecule has 2 N–H and O–H groups in total. The van der Waals surface area contributed by atoms with E-state index >= 15 is 0 Å². The Morgan fingerprint density at radius 3 is 2.47 bits per heavy atom. The number of ether oxygens (including phenoxy) is 5. The van der Waals surface area contributed by atoms with Crippen LogP contribution in [0, 0.1) is 0 Å². The van der Waals surface area contributed by atoms with Gasteiger partial charge in [-0.15, -0.1) is 0 Å². The van der Waals surface area contributed by atoms with Crippen LogP contribution < -0.4 is 19.7 Å². The Morgan fingerprint density at radius 1 is 0.979 bits per heavy atom. The number of amides is 2. The molecule has 0 spiro atoms. The molecule has 2 aromatic heterocycles. The number of carbonyl (C=O) groups is 2. The maximum Gasteiger partial charge on any atom is 0.298 e. The summed E-state index contributed by atoms with van der Waals surface area (Å²) >= 11 is 0. The molecule has 2 fully saturated rings. The van der Waals surface area contributed by atoms with Crippen molar-refractivity contribution in [1.29, 1.82) is 0 Å². The van der Waals surface area contributed by atoms with E-state index in [1.807, 2.05) is 30.3 Å². The Morgan fingerprint density at radius 2 is 1.74 bits per heavy atom. The second-order valence-corrected chi connectivity index (χ2v) is 11.3. The Kier molecular flexibility index (Phi) is 13.0. The third-order valence-electron chi connectivity index (χ3n) is 7.89. The molecule has 2 saturated heterocycles. The van der Waals surface area contributed by atoms with E-state index in [2.05, 4.69) is 20.1 Å². The highest BCUT2D eigenvalue weighted by Gasteiger charge is 2.24. The van der Waals surface area contributed by atoms with Crippen molar-refractivity contribution in [2.45, 2.75) is 19.1 Å². The number of nitrogens with one attached hydrogen (secondary N) is 1. The number of aromatic nitrogens is 2. The number of fused-ring (bicyclic) bond motifs is 1. The van der Waals surface area contributed by atoms with Crippen LogP contribution >= 0.6 is 0 Å². The number of pyridine rings is 1. The average molecular weight is 657 g/mol. The summed E-state index contributed by atoms with van der Waals surface area (Å²) in [5.74, 6) is 0.832. The monoisotopic (exact) mass is 656 g/mol. The number of likely N-dealkylation sites (tertiary alicyclic amines) is 1. The van der Waals surface area contributed by atoms with Crippen LogP contribution in [0.3, 0.4) is 0 Å². The van der Waals surface area contributed by atoms with Crippen LogP contribution in [0.1, 0.15) is 12.1 Å². The standard InChI is InChI=1S/C32H44N6O9/c1-42-27-3-2-24(33-19-27)22-46-26-4-5-29-28(18-26)35-32(47-29)37-10-8-36(9-11-37)12-13-43-14-15-44-16-17-45-23-30(40)34-20-31(41)38-7-6-25(39)21-38/h2-5,18-19,25,39H,6-17,20-23H2,1H3,(H,34,40)/t25-/m1/s1. The zero-order chi connectivity index (χ0) is 32.8. The number of anilines is 1. The largest absolute Gasteiger partial charge is 0.495 e. The minimum Gasteiger partial charge on any atom is -0.495 e. The third-order valence-corrected chi connectivity index (χ3v) is 7.89. The first kappa shape index (κ1) is 34.3. The smallest absolute Gasteiger partial charge is 0.298 e. The summed E-state index contributed by atoms with van der Waals surface area (Å²) in [5, 5.41) is 12.0. The van der Waals surface area contributed by atoms with Crippen molar-refractivity contribution >= 4 is 28.9 Å². The summed E-state index contributed by atoms with van der Waals surface area (Å²) in [6.45, 7) is 7.23. The molecule has 0 radical (unpaired) electrons. The van der Waals surface area contributed by atoms with Gasteiger partial charge >= 0.3 is 0 Å². The molecule has 5 rings (SSSR count). The number of hydrogen-bond donors (Lipinski definition) is 2. The van der Waals surface area contributed by atoms with Gasteiger partial charge in [0.25, 0.3) is 6.01 Å². The number of methoxy groups -OCH3 is 1. The number of β-amino-alcohol motifs (C(OH)–C–C–N with tert-alkyl or cyclic N) is 1. The molecule has 15 heteroatoms. The number of carbonyl (C=O) groups excluding carboxylic acids is 2. The second kappa shape index (κ2) is 17.8. The van der Waals surface area contributed by atoms with Crippen LogP contribution in [0.2, 0.25) is 0 Å². The quantitative estimate of drug-likeness (QED) is 0.184. The molecule has 4 heterocycles. The predicted octanol–water partition coefficient (Wildman–Crippen LogP) is 0.692. The number of rotatable bonds is 18. The van der Waals surface area contributed by atoms with Crippen LogP contribution in [-0.2, 0) is 30.4 Å². The average Bonchev–Trinajstić information content (AvgIpc) is 3.73. The van der Waals surface area contributed by atoms with Crippen molar-refractivity contribution in [3.8, 4) is 11.5 Å². The number of aliphatic hydroxyl groups excluding tert-OH is 1. The molecule has 0 saturated carbocycles. The molecule has 3 aromatic rings. The fraction of sp³-hybridized carbons (Fsp3) is 0.562. The van der Waals surface area contributed by atoms with Crippen LogP contribution in [0.5, 0.6) is 11.5 Å². The van der Waals surface area contributed by atoms with E-state index in [-0.39, 0.29) is 31.6 Å². The highest BCUT2D eigenvalue weighted by atomic mass is 16.5. The number of hydrogen-bond acceptors (Lipinski definition) is 13. The summed E-state index contributed by atoms with van der Waals surface area (Å²) in [6.07, 6.45) is 1.76. The zero-order valence-electron chi connectivity index (χ0n) is 26.8. The van der Waals surface area contributed by atoms with Gasteiger partial charge in [-0.05, 0) is 30.7 Å². The summed E-state index contributed by atoms with van der Waals surface area (Å²) < 4.78 is 33.6. The predicted molar refractivity (Wildman–Crippen MR) is 170 cm³/mol. The topological polar surface area (TPSA) is 161 Å². The minimum atomic E-state index is -0.480. The van der Waals surface area contributed by atoms with Crippen LogP contribution in [-0.4, -0.2) is 142 Å². The highest BCUT2D eigenvalue weighted by molar-refractivity contribution is 5.85. The first-order valence-electron chi connectivity index (χ1n) is 15.9. The lowest BCUT2D eigenvalue weighted by atomic mass is 10.3. The number of benzene rings is 1. The Labute approximate surface area is 273 Å². The van der Waals surface area contributed by atoms with Crippen LogP contribution in [0.4, 0.5) is 6.01 Å². The van der Waals surface area contributed by atoms with Crippen LogP contribution in [0.25, 0.3) is 11.1 Å². The normalized spacial score (nSPS) is 16.9. The van der Waals surface area contributed by atoms with Crippen molar-refractivity contribution in [1.82, 2.24) is 25.1 Å². The van der Waals surface area contributed by atoms with Gasteiger partial charge in [-0.1, -0.05) is 0 Å². The van der Waals surface area contributed by atoms with Gasteiger partial charge in [-0.3, -0.25) is 19.5 Å². The zero-order valence-corrected chi connectivity index (χ0v) is 26.8. The number of aliphatic hydroxyl groups is 1. The molecule has 15 nitrogen and oxygen atoms in total. The van der Waals surface area contributed by atoms with E-state index in [0.29, 0.717) is 75.6 Å². The molecule has 2 amide bonds. The van der Waals surface area contributed by atoms with E-state index < -0.39 is 6.10 Å². The molecule has 0 aliphatic carbocycles. The summed E-state index contributed by atoms with van der Waals surface area (Å²) in [5.41, 5.74) is 2.27. The maximum atomic E-state index is 12.0. The van der Waals surface area contributed by atoms with Gasteiger partial charge in [-0.25, -0.2) is 0 Å². The lowest BCUT2D eigenvalue weighted by Crippen LogP contribution is -2.47. The molecule has 1 aromatic carbocycles. The summed E-state index contributed by atoms with van der Waals surface area (Å²) in [6, 6.07) is 9.96. The molecule has 47 heavy (non-hydrogen) atoms. The van der Waals surface area contributed by atoms with Crippen molar-refractivity contribution in [3.63, 3.8) is 0 Å². The fourth-order valence-electron chi connectivity index (χ4n) is 5.16. The van der Waals surface area contributed by atoms with E-state index in [9.17, 15) is 14.7 Å². The van der Waals surface area contributed by atoms with E-state index in [4.69, 9.17) is 33.1 Å². The van der Waals surface area contributed by atoms with Gasteiger partial charge < -0.3 is 48.3 Å². The van der Waals surface area contributed by atoms with Crippen molar-refractivity contribution in [2.75, 3.05) is 104 Å². The van der Waals surface area contributed by atoms with E-state index in [1.54, 1.807) is 18.2 Å². The molecular weight excluding hydrogens is 612 g/mol. The lowest BCUT2D eigenvalue weighted by Gasteiger charge is -2.33. The van der Waals surface area contributed by atoms with Crippen LogP contribution in [0.15, 0.2) is 40.9 Å². The Hall–Kier alpha value is -4.02. The van der Waals surface area contributed by atoms with Crippen molar-refractivity contribution < 1.29 is 42.8 Å². The van der Waals surface area contributed by atoms with E-state index in [1.165, 1.54) is 0 Å². The second-order valence-electron chi connectivity index (χ2n) is 11.3. The Balaban J connectivity index is 0.874. The van der Waals surface area contributed by atoms with Gasteiger partial charge in [0.2, 0.25) is 11.8 Å². The minimum absolute atomic E-state index is 0.0972. The maximum absolute atomic E-state index is 12.0. The van der Waals surface area contributed by atoms with Gasteiger partial charge in [0.1, 0.15) is 30.2 Å². The fourth-order valence-corrected chi connectivity index (χ4v) is 5.16. The number of oxazole rings is 1. The molecule has 1 atom stereocenters. The number of nitrogens with zero attached hydrogens (tertiary/aromatic N) is 5. The molecular formula is C32H44N6O9. The van der Waals surface area contributed by atoms with Gasteiger partial charge in [0.15, 0.2) is 5.58 Å². The van der Waals surface area contributed by atoms with Gasteiger partial charge in [-0.2, -0.15) is 4.98 Å². The Bertz CT molecular complexity index is 1410. The number of piperazine rings is 1. The lowest BCUT2D eigenvalue weighted by molar-refractivity contribution is -0.133. The molecule has 0 unspecified atom stereocenters. The first-order chi connectivity index (χ1) is 23.0. The third kappa shape index (κ3) is 10.8. The first-order valence-corrected chi connectivity index (χ1v) is 15.9. The summed E-state index contributed by atoms with van der Waals surface area (Å²) in [7, 11) is 1.61. The SMILES string of the molecule is COc1ccc(COc2ccc3oc(N4CCN(CCOCCOCCOCC(=O)NCC(=O)N5CC[C@@H](O)C5)CC4)nc3c2)nc1. The highest BCUT2D eigenvalue weighted by Crippen LogP contribution is 2.26. The van der Waals surface area contributed by atoms with Gasteiger partial charge in [0.05, 0.1) is 64.7 Å². The van der Waals surface area contributed by atoms with Crippen molar-refractivity contribution in [3.05, 3.63) is 42.2 Å². The molecule has 2 aliphatic rings. The summed E-state index contributed by atoms with van der Waals surface area (Å²) in [4.78, 5) is 38.9.